The normalized spacial score (nSPS) is 15.2. The molecule has 0 radical (unpaired) electrons. The minimum atomic E-state index is -3.59. The Kier molecular flexibility index (Phi) is 5.38. The molecule has 1 heterocycles. The quantitative estimate of drug-likeness (QED) is 0.873. The van der Waals surface area contributed by atoms with Gasteiger partial charge in [0.15, 0.2) is 0 Å². The van der Waals surface area contributed by atoms with Gasteiger partial charge in [-0.05, 0) is 43.5 Å². The second-order valence-electron chi connectivity index (χ2n) is 6.36. The Bertz CT molecular complexity index is 922. The zero-order valence-corrected chi connectivity index (χ0v) is 15.4. The molecule has 2 aromatic rings. The number of carbonyl (C=O) groups is 1. The van der Waals surface area contributed by atoms with Crippen molar-refractivity contribution in [2.75, 3.05) is 13.1 Å². The molecule has 1 aliphatic rings. The van der Waals surface area contributed by atoms with Crippen LogP contribution in [0.5, 0.6) is 0 Å². The number of halogens is 1. The van der Waals surface area contributed by atoms with Crippen LogP contribution in [0.15, 0.2) is 47.4 Å². The van der Waals surface area contributed by atoms with Crippen molar-refractivity contribution in [3.05, 3.63) is 65.0 Å². The molecule has 2 aromatic carbocycles. The molecule has 0 atom stereocenters. The topological polar surface area (TPSA) is 66.5 Å². The van der Waals surface area contributed by atoms with E-state index in [9.17, 15) is 17.6 Å². The van der Waals surface area contributed by atoms with E-state index in [1.165, 1.54) is 22.5 Å². The Morgan fingerprint density at radius 1 is 1.15 bits per heavy atom. The summed E-state index contributed by atoms with van der Waals surface area (Å²) in [6.07, 6.45) is 1.70. The van der Waals surface area contributed by atoms with Crippen LogP contribution in [0.3, 0.4) is 0 Å². The van der Waals surface area contributed by atoms with Gasteiger partial charge >= 0.3 is 0 Å². The Morgan fingerprint density at radius 2 is 1.85 bits per heavy atom. The van der Waals surface area contributed by atoms with Gasteiger partial charge in [0.2, 0.25) is 10.0 Å². The van der Waals surface area contributed by atoms with Gasteiger partial charge in [-0.2, -0.15) is 4.31 Å². The summed E-state index contributed by atoms with van der Waals surface area (Å²) in [7, 11) is -3.59. The van der Waals surface area contributed by atoms with Crippen molar-refractivity contribution in [3.63, 3.8) is 0 Å². The summed E-state index contributed by atoms with van der Waals surface area (Å²) >= 11 is 0. The number of hydrogen-bond acceptors (Lipinski definition) is 3. The van der Waals surface area contributed by atoms with Crippen LogP contribution in [-0.2, 0) is 16.6 Å². The Balaban J connectivity index is 1.81. The molecule has 1 fully saturated rings. The number of nitrogens with zero attached hydrogens (tertiary/aromatic N) is 1. The van der Waals surface area contributed by atoms with Gasteiger partial charge in [0.05, 0.1) is 4.90 Å². The summed E-state index contributed by atoms with van der Waals surface area (Å²) < 4.78 is 40.5. The van der Waals surface area contributed by atoms with Crippen LogP contribution < -0.4 is 5.32 Å². The molecule has 26 heavy (non-hydrogen) atoms. The first-order valence-electron chi connectivity index (χ1n) is 8.52. The predicted octanol–water partition coefficient (Wildman–Crippen LogP) is 2.85. The fourth-order valence-electron chi connectivity index (χ4n) is 3.00. The lowest BCUT2D eigenvalue weighted by Crippen LogP contribution is -2.29. The smallest absolute Gasteiger partial charge is 0.251 e. The second-order valence-corrected chi connectivity index (χ2v) is 8.30. The highest BCUT2D eigenvalue weighted by molar-refractivity contribution is 7.89. The average molecular weight is 376 g/mol. The SMILES string of the molecule is Cc1ccc(S(=O)(=O)N2CCCC2)cc1C(=O)NCc1ccccc1F. The van der Waals surface area contributed by atoms with Crippen molar-refractivity contribution in [2.45, 2.75) is 31.2 Å². The van der Waals surface area contributed by atoms with E-state index in [-0.39, 0.29) is 17.0 Å². The maximum Gasteiger partial charge on any atom is 0.251 e. The molecule has 3 rings (SSSR count). The zero-order chi connectivity index (χ0) is 18.7. The van der Waals surface area contributed by atoms with Crippen LogP contribution in [0.2, 0.25) is 0 Å². The maximum absolute atomic E-state index is 13.7. The first-order valence-corrected chi connectivity index (χ1v) is 9.96. The molecular formula is C19H21FN2O3S. The minimum absolute atomic E-state index is 0.0358. The molecule has 7 heteroatoms. The summed E-state index contributed by atoms with van der Waals surface area (Å²) in [6.45, 7) is 2.79. The van der Waals surface area contributed by atoms with Crippen molar-refractivity contribution >= 4 is 15.9 Å². The lowest BCUT2D eigenvalue weighted by molar-refractivity contribution is 0.0949. The molecule has 1 amide bonds. The molecule has 0 bridgehead atoms. The van der Waals surface area contributed by atoms with Gasteiger partial charge in [0, 0.05) is 30.8 Å². The van der Waals surface area contributed by atoms with Gasteiger partial charge in [-0.15, -0.1) is 0 Å². The van der Waals surface area contributed by atoms with Gasteiger partial charge in [0.1, 0.15) is 5.82 Å². The lowest BCUT2D eigenvalue weighted by atomic mass is 10.1. The Morgan fingerprint density at radius 3 is 2.54 bits per heavy atom. The van der Waals surface area contributed by atoms with E-state index in [4.69, 9.17) is 0 Å². The number of sulfonamides is 1. The standard InChI is InChI=1S/C19H21FN2O3S/c1-14-8-9-16(26(24,25)22-10-4-5-11-22)12-17(14)19(23)21-13-15-6-2-3-7-18(15)20/h2-3,6-9,12H,4-5,10-11,13H2,1H3,(H,21,23). The Labute approximate surface area is 152 Å². The number of amides is 1. The number of carbonyl (C=O) groups excluding carboxylic acids is 1. The summed E-state index contributed by atoms with van der Waals surface area (Å²) in [5, 5.41) is 2.66. The zero-order valence-electron chi connectivity index (χ0n) is 14.5. The van der Waals surface area contributed by atoms with Crippen LogP contribution in [0, 0.1) is 12.7 Å². The molecule has 1 saturated heterocycles. The fourth-order valence-corrected chi connectivity index (χ4v) is 4.54. The molecule has 0 spiro atoms. The number of aryl methyl sites for hydroxylation is 1. The van der Waals surface area contributed by atoms with Crippen LogP contribution in [0.1, 0.15) is 34.3 Å². The summed E-state index contributed by atoms with van der Waals surface area (Å²) in [5.41, 5.74) is 1.32. The molecule has 0 saturated carbocycles. The third kappa shape index (κ3) is 3.78. The van der Waals surface area contributed by atoms with E-state index in [0.717, 1.165) is 12.8 Å². The highest BCUT2D eigenvalue weighted by Gasteiger charge is 2.28. The van der Waals surface area contributed by atoms with Gasteiger partial charge in [-0.1, -0.05) is 24.3 Å². The molecule has 0 unspecified atom stereocenters. The first kappa shape index (κ1) is 18.5. The highest BCUT2D eigenvalue weighted by atomic mass is 32.2. The molecule has 138 valence electrons. The average Bonchev–Trinajstić information content (AvgIpc) is 3.16. The Hall–Kier alpha value is -2.25. The third-order valence-corrected chi connectivity index (χ3v) is 6.45. The van der Waals surface area contributed by atoms with E-state index in [1.54, 1.807) is 31.2 Å². The molecule has 0 aromatic heterocycles. The van der Waals surface area contributed by atoms with Gasteiger partial charge in [0.25, 0.3) is 5.91 Å². The van der Waals surface area contributed by atoms with Crippen molar-refractivity contribution in [2.24, 2.45) is 0 Å². The second kappa shape index (κ2) is 7.55. The van der Waals surface area contributed by atoms with Crippen LogP contribution in [0.4, 0.5) is 4.39 Å². The molecular weight excluding hydrogens is 355 g/mol. The van der Waals surface area contributed by atoms with Crippen LogP contribution in [0.25, 0.3) is 0 Å². The van der Waals surface area contributed by atoms with E-state index in [1.807, 2.05) is 0 Å². The number of nitrogens with one attached hydrogen (secondary N) is 1. The predicted molar refractivity (Wildman–Crippen MR) is 96.7 cm³/mol. The maximum atomic E-state index is 13.7. The molecule has 1 N–H and O–H groups in total. The highest BCUT2D eigenvalue weighted by Crippen LogP contribution is 2.23. The molecule has 0 aliphatic carbocycles. The fraction of sp³-hybridized carbons (Fsp3) is 0.316. The molecule has 1 aliphatic heterocycles. The van der Waals surface area contributed by atoms with Crippen molar-refractivity contribution in [1.82, 2.24) is 9.62 Å². The van der Waals surface area contributed by atoms with Gasteiger partial charge in [-0.3, -0.25) is 4.79 Å². The van der Waals surface area contributed by atoms with Crippen molar-refractivity contribution in [1.29, 1.82) is 0 Å². The first-order chi connectivity index (χ1) is 12.4. The van der Waals surface area contributed by atoms with E-state index in [2.05, 4.69) is 5.32 Å². The number of rotatable bonds is 5. The van der Waals surface area contributed by atoms with E-state index >= 15 is 0 Å². The van der Waals surface area contributed by atoms with E-state index < -0.39 is 21.7 Å². The lowest BCUT2D eigenvalue weighted by Gasteiger charge is -2.17. The van der Waals surface area contributed by atoms with E-state index in [0.29, 0.717) is 24.2 Å². The minimum Gasteiger partial charge on any atom is -0.348 e. The summed E-state index contributed by atoms with van der Waals surface area (Å²) in [6, 6.07) is 10.8. The van der Waals surface area contributed by atoms with Crippen molar-refractivity contribution < 1.29 is 17.6 Å². The van der Waals surface area contributed by atoms with Crippen molar-refractivity contribution in [3.8, 4) is 0 Å². The summed E-state index contributed by atoms with van der Waals surface area (Å²) in [4.78, 5) is 12.6. The largest absolute Gasteiger partial charge is 0.348 e. The molecule has 5 nitrogen and oxygen atoms in total. The number of hydrogen-bond donors (Lipinski definition) is 1. The van der Waals surface area contributed by atoms with Gasteiger partial charge in [-0.25, -0.2) is 12.8 Å². The monoisotopic (exact) mass is 376 g/mol. The van der Waals surface area contributed by atoms with Crippen LogP contribution in [-0.4, -0.2) is 31.7 Å². The van der Waals surface area contributed by atoms with Crippen LogP contribution >= 0.6 is 0 Å². The summed E-state index contributed by atoms with van der Waals surface area (Å²) in [5.74, 6) is -0.820. The number of benzene rings is 2. The third-order valence-electron chi connectivity index (χ3n) is 4.55. The van der Waals surface area contributed by atoms with Gasteiger partial charge < -0.3 is 5.32 Å².